The number of carbonyl (C=O) groups is 1. The summed E-state index contributed by atoms with van der Waals surface area (Å²) in [7, 11) is 0. The number of ketones is 1. The van der Waals surface area contributed by atoms with Gasteiger partial charge >= 0.3 is 0 Å². The molecule has 22 heavy (non-hydrogen) atoms. The first kappa shape index (κ1) is 14.9. The van der Waals surface area contributed by atoms with E-state index in [0.29, 0.717) is 12.2 Å². The van der Waals surface area contributed by atoms with Gasteiger partial charge < -0.3 is 9.63 Å². The summed E-state index contributed by atoms with van der Waals surface area (Å²) in [5.41, 5.74) is 0.0959. The summed E-state index contributed by atoms with van der Waals surface area (Å²) in [4.78, 5) is 11.0. The van der Waals surface area contributed by atoms with E-state index in [-0.39, 0.29) is 18.0 Å². The number of rotatable bonds is 3. The SMILES string of the molecule is CCC1(c2ccno2)C=CC(=O)CC1(Cl)c1ccc(O)cc1. The Hall–Kier alpha value is -2.07. The molecular formula is C17H16ClNO3. The minimum absolute atomic E-state index is 0.0355. The van der Waals surface area contributed by atoms with Crippen LogP contribution in [-0.4, -0.2) is 16.0 Å². The van der Waals surface area contributed by atoms with Gasteiger partial charge in [-0.05, 0) is 30.2 Å². The van der Waals surface area contributed by atoms with Crippen LogP contribution in [0.15, 0.2) is 53.2 Å². The summed E-state index contributed by atoms with van der Waals surface area (Å²) in [6.07, 6.45) is 5.76. The van der Waals surface area contributed by atoms with Crippen LogP contribution < -0.4 is 0 Å². The molecule has 1 aliphatic carbocycles. The number of phenolic OH excluding ortho intramolecular Hbond substituents is 1. The van der Waals surface area contributed by atoms with Crippen molar-refractivity contribution in [2.45, 2.75) is 30.1 Å². The molecule has 1 N–H and O–H groups in total. The van der Waals surface area contributed by atoms with E-state index in [1.54, 1.807) is 42.6 Å². The Balaban J connectivity index is 2.23. The topological polar surface area (TPSA) is 63.3 Å². The number of halogens is 1. The molecule has 2 aromatic rings. The first-order valence-corrected chi connectivity index (χ1v) is 7.51. The number of carbonyl (C=O) groups excluding carboxylic acids is 1. The first-order valence-electron chi connectivity index (χ1n) is 7.13. The van der Waals surface area contributed by atoms with Crippen molar-refractivity contribution in [2.75, 3.05) is 0 Å². The second-order valence-corrected chi connectivity index (χ2v) is 6.17. The normalized spacial score (nSPS) is 28.0. The van der Waals surface area contributed by atoms with Gasteiger partial charge in [-0.15, -0.1) is 11.6 Å². The Morgan fingerprint density at radius 3 is 2.64 bits per heavy atom. The van der Waals surface area contributed by atoms with Crippen LogP contribution in [0.25, 0.3) is 0 Å². The van der Waals surface area contributed by atoms with Crippen molar-refractivity contribution in [1.82, 2.24) is 5.16 Å². The lowest BCUT2D eigenvalue weighted by atomic mass is 9.63. The third-order valence-corrected chi connectivity index (χ3v) is 5.13. The zero-order valence-electron chi connectivity index (χ0n) is 12.1. The zero-order chi connectivity index (χ0) is 15.8. The number of aromatic hydroxyl groups is 1. The molecule has 1 heterocycles. The fraction of sp³-hybridized carbons (Fsp3) is 0.294. The van der Waals surface area contributed by atoms with Crippen molar-refractivity contribution in [3.63, 3.8) is 0 Å². The van der Waals surface area contributed by atoms with E-state index in [9.17, 15) is 9.90 Å². The third kappa shape index (κ3) is 2.06. The van der Waals surface area contributed by atoms with Crippen LogP contribution in [0.5, 0.6) is 5.75 Å². The number of aromatic nitrogens is 1. The number of nitrogens with zero attached hydrogens (tertiary/aromatic N) is 1. The number of hydrogen-bond donors (Lipinski definition) is 1. The molecule has 1 aromatic heterocycles. The van der Waals surface area contributed by atoms with E-state index in [1.807, 2.05) is 13.0 Å². The monoisotopic (exact) mass is 317 g/mol. The maximum Gasteiger partial charge on any atom is 0.157 e. The summed E-state index contributed by atoms with van der Waals surface area (Å²) in [6.45, 7) is 2.00. The molecule has 1 aromatic carbocycles. The third-order valence-electron chi connectivity index (χ3n) is 4.44. The van der Waals surface area contributed by atoms with E-state index in [0.717, 1.165) is 5.56 Å². The van der Waals surface area contributed by atoms with Crippen molar-refractivity contribution in [1.29, 1.82) is 0 Å². The van der Waals surface area contributed by atoms with Gasteiger partial charge in [-0.1, -0.05) is 30.3 Å². The number of allylic oxidation sites excluding steroid dienone is 2. The summed E-state index contributed by atoms with van der Waals surface area (Å²) in [5.74, 6) is 0.747. The lowest BCUT2D eigenvalue weighted by Crippen LogP contribution is -2.47. The molecule has 0 radical (unpaired) electrons. The smallest absolute Gasteiger partial charge is 0.157 e. The predicted octanol–water partition coefficient (Wildman–Crippen LogP) is 3.69. The maximum atomic E-state index is 12.0. The fourth-order valence-corrected chi connectivity index (χ4v) is 3.75. The number of benzene rings is 1. The van der Waals surface area contributed by atoms with Gasteiger partial charge in [0.1, 0.15) is 11.5 Å². The molecule has 2 unspecified atom stereocenters. The Kier molecular flexibility index (Phi) is 3.57. The average molecular weight is 318 g/mol. The highest BCUT2D eigenvalue weighted by atomic mass is 35.5. The van der Waals surface area contributed by atoms with Crippen LogP contribution >= 0.6 is 11.6 Å². The Bertz CT molecular complexity index is 708. The van der Waals surface area contributed by atoms with Crippen molar-refractivity contribution >= 4 is 17.4 Å². The minimum atomic E-state index is -0.985. The molecule has 0 fully saturated rings. The van der Waals surface area contributed by atoms with Gasteiger partial charge in [0.15, 0.2) is 5.78 Å². The van der Waals surface area contributed by atoms with Crippen LogP contribution in [0.3, 0.4) is 0 Å². The molecule has 0 spiro atoms. The van der Waals surface area contributed by atoms with Gasteiger partial charge in [-0.3, -0.25) is 4.79 Å². The second-order valence-electron chi connectivity index (χ2n) is 5.53. The summed E-state index contributed by atoms with van der Waals surface area (Å²) < 4.78 is 5.40. The summed E-state index contributed by atoms with van der Waals surface area (Å²) in [6, 6.07) is 8.42. The van der Waals surface area contributed by atoms with Gasteiger partial charge in [0, 0.05) is 12.5 Å². The maximum absolute atomic E-state index is 12.0. The molecule has 1 aliphatic rings. The van der Waals surface area contributed by atoms with Crippen molar-refractivity contribution in [3.05, 3.63) is 60.0 Å². The number of phenols is 1. The number of alkyl halides is 1. The lowest BCUT2D eigenvalue weighted by Gasteiger charge is -2.45. The van der Waals surface area contributed by atoms with Crippen molar-refractivity contribution in [3.8, 4) is 5.75 Å². The van der Waals surface area contributed by atoms with Crippen LogP contribution in [0.1, 0.15) is 31.1 Å². The number of hydrogen-bond acceptors (Lipinski definition) is 4. The lowest BCUT2D eigenvalue weighted by molar-refractivity contribution is -0.116. The van der Waals surface area contributed by atoms with Gasteiger partial charge in [0.25, 0.3) is 0 Å². The Morgan fingerprint density at radius 1 is 1.32 bits per heavy atom. The van der Waals surface area contributed by atoms with E-state index in [2.05, 4.69) is 5.16 Å². The van der Waals surface area contributed by atoms with E-state index >= 15 is 0 Å². The molecule has 114 valence electrons. The van der Waals surface area contributed by atoms with Gasteiger partial charge in [-0.2, -0.15) is 0 Å². The first-order chi connectivity index (χ1) is 10.5. The molecule has 0 bridgehead atoms. The summed E-state index contributed by atoms with van der Waals surface area (Å²) >= 11 is 7.02. The molecule has 0 saturated heterocycles. The van der Waals surface area contributed by atoms with Crippen LogP contribution in [0.2, 0.25) is 0 Å². The van der Waals surface area contributed by atoms with Gasteiger partial charge in [0.05, 0.1) is 16.5 Å². The molecule has 0 aliphatic heterocycles. The Labute approximate surface area is 133 Å². The van der Waals surface area contributed by atoms with Crippen LogP contribution in [-0.2, 0) is 15.1 Å². The molecule has 3 rings (SSSR count). The molecule has 0 amide bonds. The molecule has 0 saturated carbocycles. The van der Waals surface area contributed by atoms with Crippen molar-refractivity contribution < 1.29 is 14.4 Å². The Morgan fingerprint density at radius 2 is 2.05 bits per heavy atom. The van der Waals surface area contributed by atoms with Crippen LogP contribution in [0, 0.1) is 0 Å². The highest BCUT2D eigenvalue weighted by Crippen LogP contribution is 2.55. The summed E-state index contributed by atoms with van der Waals surface area (Å²) in [5, 5.41) is 13.3. The van der Waals surface area contributed by atoms with Gasteiger partial charge in [0.2, 0.25) is 0 Å². The highest BCUT2D eigenvalue weighted by molar-refractivity contribution is 6.27. The fourth-order valence-electron chi connectivity index (χ4n) is 3.20. The predicted molar refractivity (Wildman–Crippen MR) is 82.9 cm³/mol. The highest BCUT2D eigenvalue weighted by Gasteiger charge is 2.54. The van der Waals surface area contributed by atoms with E-state index < -0.39 is 10.3 Å². The largest absolute Gasteiger partial charge is 0.508 e. The van der Waals surface area contributed by atoms with E-state index in [1.165, 1.54) is 0 Å². The second kappa shape index (κ2) is 5.29. The molecule has 2 atom stereocenters. The minimum Gasteiger partial charge on any atom is -0.508 e. The molecule has 5 heteroatoms. The average Bonchev–Trinajstić information content (AvgIpc) is 3.03. The van der Waals surface area contributed by atoms with Gasteiger partial charge in [-0.25, -0.2) is 0 Å². The quantitative estimate of drug-likeness (QED) is 0.877. The molecular weight excluding hydrogens is 302 g/mol. The molecule has 4 nitrogen and oxygen atoms in total. The zero-order valence-corrected chi connectivity index (χ0v) is 12.9. The standard InChI is InChI=1S/C17H16ClNO3/c1-2-16(15-8-10-19-22-15)9-7-14(21)11-17(16,18)12-3-5-13(20)6-4-12/h3-10,20H,2,11H2,1H3. The van der Waals surface area contributed by atoms with Crippen LogP contribution in [0.4, 0.5) is 0 Å². The van der Waals surface area contributed by atoms with Crippen molar-refractivity contribution in [2.24, 2.45) is 0 Å². The van der Waals surface area contributed by atoms with E-state index in [4.69, 9.17) is 16.1 Å².